The molecule has 0 saturated carbocycles. The molecule has 0 saturated heterocycles. The summed E-state index contributed by atoms with van der Waals surface area (Å²) < 4.78 is 1.15. The summed E-state index contributed by atoms with van der Waals surface area (Å²) in [6, 6.07) is 2.03. The molecule has 0 aliphatic carbocycles. The van der Waals surface area contributed by atoms with Crippen LogP contribution in [0.5, 0.6) is 0 Å². The first-order valence-corrected chi connectivity index (χ1v) is 7.12. The Hall–Kier alpha value is -1.40. The van der Waals surface area contributed by atoms with Crippen LogP contribution < -0.4 is 16.0 Å². The maximum atomic E-state index is 5.49. The highest BCUT2D eigenvalue weighted by molar-refractivity contribution is 7.17. The quantitative estimate of drug-likeness (QED) is 0.835. The smallest absolute Gasteiger partial charge is 0.225 e. The van der Waals surface area contributed by atoms with E-state index >= 15 is 0 Å². The molecule has 2 rings (SSSR count). The van der Waals surface area contributed by atoms with Gasteiger partial charge in [0.15, 0.2) is 5.82 Å². The molecule has 6 heteroatoms. The Bertz CT molecular complexity index is 506. The minimum Gasteiger partial charge on any atom is -0.356 e. The summed E-state index contributed by atoms with van der Waals surface area (Å²) in [5, 5.41) is 5.21. The van der Waals surface area contributed by atoms with Crippen molar-refractivity contribution in [1.29, 1.82) is 0 Å². The highest BCUT2D eigenvalue weighted by Gasteiger charge is 2.13. The number of rotatable bonds is 6. The summed E-state index contributed by atoms with van der Waals surface area (Å²) in [5.41, 5.74) is 6.49. The number of fused-ring (bicyclic) bond motifs is 1. The Labute approximate surface area is 111 Å². The van der Waals surface area contributed by atoms with Crippen LogP contribution in [0.15, 0.2) is 11.4 Å². The maximum Gasteiger partial charge on any atom is 0.225 e. The summed E-state index contributed by atoms with van der Waals surface area (Å²) in [5.74, 6) is 1.67. The molecule has 5 nitrogen and oxygen atoms in total. The van der Waals surface area contributed by atoms with Crippen molar-refractivity contribution in [2.24, 2.45) is 5.73 Å². The molecule has 0 radical (unpaired) electrons. The lowest BCUT2D eigenvalue weighted by molar-refractivity contribution is 0.849. The van der Waals surface area contributed by atoms with Crippen molar-refractivity contribution in [1.82, 2.24) is 9.97 Å². The zero-order valence-electron chi connectivity index (χ0n) is 10.8. The Morgan fingerprint density at radius 2 is 2.11 bits per heavy atom. The van der Waals surface area contributed by atoms with Crippen LogP contribution in [0.25, 0.3) is 10.2 Å². The summed E-state index contributed by atoms with van der Waals surface area (Å²) in [7, 11) is 0. The minimum absolute atomic E-state index is 0.575. The lowest BCUT2D eigenvalue weighted by Crippen LogP contribution is -2.24. The van der Waals surface area contributed by atoms with E-state index in [1.165, 1.54) is 0 Å². The van der Waals surface area contributed by atoms with Crippen molar-refractivity contribution >= 4 is 33.3 Å². The van der Waals surface area contributed by atoms with Gasteiger partial charge in [-0.15, -0.1) is 11.3 Å². The van der Waals surface area contributed by atoms with E-state index < -0.39 is 0 Å². The molecule has 2 aromatic rings. The normalized spacial score (nSPS) is 10.8. The molecular formula is C12H19N5S. The van der Waals surface area contributed by atoms with Gasteiger partial charge in [0.05, 0.1) is 10.2 Å². The van der Waals surface area contributed by atoms with Crippen molar-refractivity contribution < 1.29 is 0 Å². The third-order valence-corrected chi connectivity index (χ3v) is 3.68. The van der Waals surface area contributed by atoms with Gasteiger partial charge in [-0.05, 0) is 25.3 Å². The first-order valence-electron chi connectivity index (χ1n) is 6.24. The van der Waals surface area contributed by atoms with Crippen LogP contribution in [-0.2, 0) is 0 Å². The van der Waals surface area contributed by atoms with E-state index in [1.54, 1.807) is 11.3 Å². The van der Waals surface area contributed by atoms with E-state index in [1.807, 2.05) is 6.07 Å². The Morgan fingerprint density at radius 1 is 1.33 bits per heavy atom. The standard InChI is InChI=1S/C12H19N5S/c1-3-17(4-2)11-10-9(5-8-18-10)15-12(16-11)14-7-6-13/h5,8H,3-4,6-7,13H2,1-2H3,(H,14,15,16). The molecule has 3 N–H and O–H groups in total. The maximum absolute atomic E-state index is 5.49. The first kappa shape index (κ1) is 13.0. The third kappa shape index (κ3) is 2.54. The van der Waals surface area contributed by atoms with Crippen molar-refractivity contribution in [3.63, 3.8) is 0 Å². The van der Waals surface area contributed by atoms with Gasteiger partial charge in [-0.1, -0.05) is 0 Å². The zero-order chi connectivity index (χ0) is 13.0. The third-order valence-electron chi connectivity index (χ3n) is 2.78. The van der Waals surface area contributed by atoms with Crippen molar-refractivity contribution in [3.05, 3.63) is 11.4 Å². The van der Waals surface area contributed by atoms with E-state index in [4.69, 9.17) is 5.73 Å². The lowest BCUT2D eigenvalue weighted by Gasteiger charge is -2.20. The van der Waals surface area contributed by atoms with Crippen LogP contribution in [0.4, 0.5) is 11.8 Å². The average molecular weight is 265 g/mol. The van der Waals surface area contributed by atoms with Crippen molar-refractivity contribution in [3.8, 4) is 0 Å². The van der Waals surface area contributed by atoms with E-state index in [0.717, 1.165) is 29.1 Å². The molecule has 98 valence electrons. The highest BCUT2D eigenvalue weighted by atomic mass is 32.1. The molecule has 0 aliphatic heterocycles. The van der Waals surface area contributed by atoms with Gasteiger partial charge < -0.3 is 16.0 Å². The fraction of sp³-hybridized carbons (Fsp3) is 0.500. The van der Waals surface area contributed by atoms with Gasteiger partial charge in [0, 0.05) is 26.2 Å². The Balaban J connectivity index is 2.44. The Kier molecular flexibility index (Phi) is 4.33. The second kappa shape index (κ2) is 5.97. The second-order valence-corrected chi connectivity index (χ2v) is 4.81. The highest BCUT2D eigenvalue weighted by Crippen LogP contribution is 2.29. The monoisotopic (exact) mass is 265 g/mol. The fourth-order valence-electron chi connectivity index (χ4n) is 1.85. The van der Waals surface area contributed by atoms with Crippen LogP contribution in [0.2, 0.25) is 0 Å². The minimum atomic E-state index is 0.575. The molecule has 0 aromatic carbocycles. The number of aromatic nitrogens is 2. The van der Waals surface area contributed by atoms with Crippen LogP contribution >= 0.6 is 11.3 Å². The fourth-order valence-corrected chi connectivity index (χ4v) is 2.70. The predicted octanol–water partition coefficient (Wildman–Crippen LogP) is 1.91. The zero-order valence-corrected chi connectivity index (χ0v) is 11.6. The molecule has 0 aliphatic rings. The molecule has 0 amide bonds. The number of anilines is 2. The van der Waals surface area contributed by atoms with Gasteiger partial charge in [0.25, 0.3) is 0 Å². The van der Waals surface area contributed by atoms with Crippen LogP contribution in [0.3, 0.4) is 0 Å². The van der Waals surface area contributed by atoms with Gasteiger partial charge in [-0.2, -0.15) is 4.98 Å². The Morgan fingerprint density at radius 3 is 2.78 bits per heavy atom. The predicted molar refractivity (Wildman–Crippen MR) is 78.5 cm³/mol. The number of thiophene rings is 1. The van der Waals surface area contributed by atoms with Gasteiger partial charge in [0.2, 0.25) is 5.95 Å². The van der Waals surface area contributed by atoms with Gasteiger partial charge >= 0.3 is 0 Å². The number of hydrogen-bond donors (Lipinski definition) is 2. The molecule has 0 atom stereocenters. The lowest BCUT2D eigenvalue weighted by atomic mass is 10.4. The summed E-state index contributed by atoms with van der Waals surface area (Å²) in [6.07, 6.45) is 0. The second-order valence-electron chi connectivity index (χ2n) is 3.89. The number of nitrogens with two attached hydrogens (primary N) is 1. The van der Waals surface area contributed by atoms with E-state index in [0.29, 0.717) is 19.0 Å². The SMILES string of the molecule is CCN(CC)c1nc(NCCN)nc2ccsc12. The topological polar surface area (TPSA) is 67.1 Å². The van der Waals surface area contributed by atoms with Crippen molar-refractivity contribution in [2.45, 2.75) is 13.8 Å². The molecule has 2 aromatic heterocycles. The number of nitrogens with zero attached hydrogens (tertiary/aromatic N) is 3. The average Bonchev–Trinajstić information content (AvgIpc) is 2.86. The van der Waals surface area contributed by atoms with Crippen molar-refractivity contribution in [2.75, 3.05) is 36.4 Å². The summed E-state index contributed by atoms with van der Waals surface area (Å²) >= 11 is 1.69. The molecule has 0 fully saturated rings. The van der Waals surface area contributed by atoms with Gasteiger partial charge in [0.1, 0.15) is 0 Å². The summed E-state index contributed by atoms with van der Waals surface area (Å²) in [6.45, 7) is 7.42. The van der Waals surface area contributed by atoms with Gasteiger partial charge in [-0.25, -0.2) is 4.98 Å². The van der Waals surface area contributed by atoms with E-state index in [9.17, 15) is 0 Å². The molecule has 0 spiro atoms. The van der Waals surface area contributed by atoms with Gasteiger partial charge in [-0.3, -0.25) is 0 Å². The summed E-state index contributed by atoms with van der Waals surface area (Å²) in [4.78, 5) is 11.3. The number of hydrogen-bond acceptors (Lipinski definition) is 6. The molecule has 0 bridgehead atoms. The van der Waals surface area contributed by atoms with Crippen LogP contribution in [-0.4, -0.2) is 36.1 Å². The number of nitrogens with one attached hydrogen (secondary N) is 1. The molecule has 2 heterocycles. The first-order chi connectivity index (χ1) is 8.80. The van der Waals surface area contributed by atoms with E-state index in [2.05, 4.69) is 39.4 Å². The molecular weight excluding hydrogens is 246 g/mol. The van der Waals surface area contributed by atoms with E-state index in [-0.39, 0.29) is 0 Å². The molecule has 18 heavy (non-hydrogen) atoms. The molecule has 0 unspecified atom stereocenters. The van der Waals surface area contributed by atoms with Crippen LogP contribution in [0, 0.1) is 0 Å². The van der Waals surface area contributed by atoms with Crippen LogP contribution in [0.1, 0.15) is 13.8 Å². The largest absolute Gasteiger partial charge is 0.356 e.